The number of aromatic nitrogens is 3. The molecule has 0 saturated carbocycles. The van der Waals surface area contributed by atoms with Crippen LogP contribution in [0.2, 0.25) is 0 Å². The third kappa shape index (κ3) is 2.28. The van der Waals surface area contributed by atoms with Crippen LogP contribution in [0, 0.1) is 6.33 Å². The molecule has 32 heavy (non-hydrogen) atoms. The molecule has 0 amide bonds. The van der Waals surface area contributed by atoms with Gasteiger partial charge in [0.1, 0.15) is 0 Å². The van der Waals surface area contributed by atoms with Crippen molar-refractivity contribution in [2.24, 2.45) is 0 Å². The average Bonchev–Trinajstić information content (AvgIpc) is 3.49. The second-order valence-electron chi connectivity index (χ2n) is 8.69. The van der Waals surface area contributed by atoms with Gasteiger partial charge in [-0.2, -0.15) is 0 Å². The van der Waals surface area contributed by atoms with E-state index < -0.39 is 0 Å². The van der Waals surface area contributed by atoms with E-state index in [-0.39, 0.29) is 0 Å². The number of benzene rings is 4. The first-order valence-corrected chi connectivity index (χ1v) is 11.4. The third-order valence-corrected chi connectivity index (χ3v) is 6.83. The fraction of sp³-hybridized carbons (Fsp3) is 0.138. The molecule has 7 rings (SSSR count). The van der Waals surface area contributed by atoms with Crippen LogP contribution in [0.4, 0.5) is 0 Å². The van der Waals surface area contributed by atoms with Crippen molar-refractivity contribution in [3.63, 3.8) is 0 Å². The Morgan fingerprint density at radius 2 is 1.44 bits per heavy atom. The molecule has 0 aliphatic carbocycles. The molecule has 0 spiro atoms. The van der Waals surface area contributed by atoms with Crippen LogP contribution in [0.3, 0.4) is 0 Å². The molecule has 0 saturated heterocycles. The highest BCUT2D eigenvalue weighted by Gasteiger charge is 2.17. The van der Waals surface area contributed by atoms with Crippen LogP contribution >= 0.6 is 0 Å². The molecule has 0 aliphatic heterocycles. The van der Waals surface area contributed by atoms with Gasteiger partial charge >= 0.3 is 0 Å². The van der Waals surface area contributed by atoms with E-state index in [1.54, 1.807) is 0 Å². The fourth-order valence-electron chi connectivity index (χ4n) is 5.35. The molecule has 3 heterocycles. The van der Waals surface area contributed by atoms with Crippen LogP contribution in [0.1, 0.15) is 19.8 Å². The van der Waals surface area contributed by atoms with Gasteiger partial charge in [0.2, 0.25) is 6.33 Å². The summed E-state index contributed by atoms with van der Waals surface area (Å²) >= 11 is 0. The second kappa shape index (κ2) is 6.57. The number of imidazole rings is 1. The Hall–Kier alpha value is -3.85. The maximum atomic E-state index is 3.63. The Morgan fingerprint density at radius 3 is 2.31 bits per heavy atom. The van der Waals surface area contributed by atoms with Crippen LogP contribution < -0.4 is 4.57 Å². The number of nitrogens with zero attached hydrogens (tertiary/aromatic N) is 3. The van der Waals surface area contributed by atoms with Gasteiger partial charge < -0.3 is 13.5 Å². The maximum Gasteiger partial charge on any atom is 0.244 e. The molecule has 3 nitrogen and oxygen atoms in total. The predicted octanol–water partition coefficient (Wildman–Crippen LogP) is 6.67. The Balaban J connectivity index is 1.53. The molecular formula is C29H23N3. The summed E-state index contributed by atoms with van der Waals surface area (Å²) in [5.41, 5.74) is 7.45. The van der Waals surface area contributed by atoms with Crippen LogP contribution in [-0.4, -0.2) is 8.97 Å². The van der Waals surface area contributed by atoms with E-state index in [1.165, 1.54) is 55.5 Å². The summed E-state index contributed by atoms with van der Waals surface area (Å²) in [6, 6.07) is 30.9. The van der Waals surface area contributed by atoms with Crippen molar-refractivity contribution in [3.05, 3.63) is 91.3 Å². The fourth-order valence-corrected chi connectivity index (χ4v) is 5.35. The van der Waals surface area contributed by atoms with Gasteiger partial charge in [0.25, 0.3) is 0 Å². The van der Waals surface area contributed by atoms with E-state index in [2.05, 4.69) is 112 Å². The Labute approximate surface area is 186 Å². The molecule has 0 unspecified atom stereocenters. The first-order chi connectivity index (χ1) is 15.8. The van der Waals surface area contributed by atoms with Crippen molar-refractivity contribution in [2.45, 2.75) is 26.3 Å². The van der Waals surface area contributed by atoms with Crippen molar-refractivity contribution < 1.29 is 4.57 Å². The molecule has 0 bridgehead atoms. The van der Waals surface area contributed by atoms with Gasteiger partial charge in [-0.1, -0.05) is 80.1 Å². The van der Waals surface area contributed by atoms with Gasteiger partial charge in [-0.15, -0.1) is 0 Å². The summed E-state index contributed by atoms with van der Waals surface area (Å²) in [5, 5.41) is 5.25. The van der Waals surface area contributed by atoms with E-state index in [4.69, 9.17) is 0 Å². The van der Waals surface area contributed by atoms with Crippen LogP contribution in [0.5, 0.6) is 0 Å². The summed E-state index contributed by atoms with van der Waals surface area (Å²) in [6.07, 6.45) is 5.96. The monoisotopic (exact) mass is 413 g/mol. The molecule has 3 aromatic heterocycles. The molecule has 4 aromatic carbocycles. The van der Waals surface area contributed by atoms with E-state index in [0.717, 1.165) is 18.7 Å². The third-order valence-electron chi connectivity index (χ3n) is 6.83. The zero-order valence-electron chi connectivity index (χ0n) is 18.0. The Morgan fingerprint density at radius 1 is 0.719 bits per heavy atom. The van der Waals surface area contributed by atoms with Gasteiger partial charge in [-0.25, -0.2) is 0 Å². The number of hydrogen-bond acceptors (Lipinski definition) is 0. The summed E-state index contributed by atoms with van der Waals surface area (Å²) in [7, 11) is 0. The molecule has 0 radical (unpaired) electrons. The standard InChI is InChI=1S/C29H23N3/c1-2-3-17-30-19-31(28-14-7-6-13-27(28)30)20-15-16-26-24(18-20)23-11-8-10-22-21-9-4-5-12-25(21)32(26)29(22)23/h4-16,18H,2-3,17H2,1H3. The van der Waals surface area contributed by atoms with Gasteiger partial charge in [-0.05, 0) is 24.6 Å². The largest absolute Gasteiger partial charge is 0.319 e. The quantitative estimate of drug-likeness (QED) is 0.226. The molecule has 0 N–H and O–H groups in total. The minimum Gasteiger partial charge on any atom is -0.319 e. The van der Waals surface area contributed by atoms with Gasteiger partial charge in [0.15, 0.2) is 0 Å². The predicted molar refractivity (Wildman–Crippen MR) is 132 cm³/mol. The second-order valence-corrected chi connectivity index (χ2v) is 8.69. The van der Waals surface area contributed by atoms with Gasteiger partial charge in [0, 0.05) is 21.5 Å². The Kier molecular flexibility index (Phi) is 3.65. The van der Waals surface area contributed by atoms with Crippen molar-refractivity contribution >= 4 is 49.1 Å². The van der Waals surface area contributed by atoms with Crippen molar-refractivity contribution in [2.75, 3.05) is 0 Å². The normalized spacial score (nSPS) is 12.3. The lowest BCUT2D eigenvalue weighted by Crippen LogP contribution is -2.32. The smallest absolute Gasteiger partial charge is 0.244 e. The Bertz CT molecular complexity index is 1770. The van der Waals surface area contributed by atoms with E-state index in [9.17, 15) is 0 Å². The number of fused-ring (bicyclic) bond motifs is 7. The minimum absolute atomic E-state index is 0.992. The molecular weight excluding hydrogens is 390 g/mol. The summed E-state index contributed by atoms with van der Waals surface area (Å²) in [6.45, 7) is 3.23. The first kappa shape index (κ1) is 17.8. The molecule has 154 valence electrons. The zero-order valence-corrected chi connectivity index (χ0v) is 18.0. The van der Waals surface area contributed by atoms with Crippen molar-refractivity contribution in [3.8, 4) is 5.69 Å². The van der Waals surface area contributed by atoms with Gasteiger partial charge in [-0.3, -0.25) is 0 Å². The van der Waals surface area contributed by atoms with E-state index in [1.807, 2.05) is 0 Å². The lowest BCUT2D eigenvalue weighted by atomic mass is 10.1. The van der Waals surface area contributed by atoms with E-state index in [0.29, 0.717) is 0 Å². The SMILES string of the molecule is CCCC[n+]1[c-]n(-c2ccc3c(c2)c2cccc4c5ccccc5n3c42)c2ccccc21. The molecule has 0 atom stereocenters. The summed E-state index contributed by atoms with van der Waals surface area (Å²) < 4.78 is 6.92. The highest BCUT2D eigenvalue weighted by molar-refractivity contribution is 6.23. The minimum atomic E-state index is 0.992. The number of rotatable bonds is 4. The zero-order chi connectivity index (χ0) is 21.2. The highest BCUT2D eigenvalue weighted by atomic mass is 15.1. The van der Waals surface area contributed by atoms with Crippen LogP contribution in [-0.2, 0) is 6.54 Å². The van der Waals surface area contributed by atoms with Crippen molar-refractivity contribution in [1.82, 2.24) is 8.97 Å². The molecule has 3 heteroatoms. The number of para-hydroxylation sites is 4. The first-order valence-electron chi connectivity index (χ1n) is 11.4. The summed E-state index contributed by atoms with van der Waals surface area (Å²) in [4.78, 5) is 0. The lowest BCUT2D eigenvalue weighted by Gasteiger charge is -2.06. The van der Waals surface area contributed by atoms with Crippen molar-refractivity contribution in [1.29, 1.82) is 0 Å². The number of hydrogen-bond donors (Lipinski definition) is 0. The number of aryl methyl sites for hydroxylation is 1. The lowest BCUT2D eigenvalue weighted by molar-refractivity contribution is -0.676. The molecule has 7 aromatic rings. The summed E-state index contributed by atoms with van der Waals surface area (Å²) in [5.74, 6) is 0. The van der Waals surface area contributed by atoms with Gasteiger partial charge in [0.05, 0.1) is 39.8 Å². The maximum absolute atomic E-state index is 3.63. The molecule has 0 aliphatic rings. The number of unbranched alkanes of at least 4 members (excludes halogenated alkanes) is 1. The van der Waals surface area contributed by atoms with Crippen LogP contribution in [0.15, 0.2) is 84.9 Å². The highest BCUT2D eigenvalue weighted by Crippen LogP contribution is 2.39. The van der Waals surface area contributed by atoms with E-state index >= 15 is 0 Å². The average molecular weight is 414 g/mol. The van der Waals surface area contributed by atoms with Crippen LogP contribution in [0.25, 0.3) is 54.8 Å². The molecule has 0 fully saturated rings. The topological polar surface area (TPSA) is 13.2 Å².